The normalized spacial score (nSPS) is 27.9. The Bertz CT molecular complexity index is 1330. The number of carbonyl (C=O) groups excluding carboxylic acids is 4. The molecule has 2 amide bonds. The van der Waals surface area contributed by atoms with Crippen LogP contribution >= 0.6 is 34.8 Å². The number of amides is 2. The third kappa shape index (κ3) is 5.07. The van der Waals surface area contributed by atoms with Crippen molar-refractivity contribution in [3.8, 4) is 5.75 Å². The lowest BCUT2D eigenvalue weighted by Gasteiger charge is -2.48. The van der Waals surface area contributed by atoms with E-state index in [9.17, 15) is 39.6 Å². The number of nitrogens with two attached hydrogens (primary N) is 1. The average molecular weight is 621 g/mol. The Morgan fingerprint density at radius 1 is 1.23 bits per heavy atom. The smallest absolute Gasteiger partial charge is 0.407 e. The lowest BCUT2D eigenvalue weighted by atomic mass is 9.56. The summed E-state index contributed by atoms with van der Waals surface area (Å²) in [5.41, 5.74) is 3.41. The van der Waals surface area contributed by atoms with Crippen LogP contribution in [0.15, 0.2) is 11.6 Å². The van der Waals surface area contributed by atoms with E-state index in [4.69, 9.17) is 45.3 Å². The van der Waals surface area contributed by atoms with Crippen LogP contribution in [-0.2, 0) is 32.1 Å². The Morgan fingerprint density at radius 3 is 2.45 bits per heavy atom. The molecule has 7 N–H and O–H groups in total. The number of alkyl halides is 3. The van der Waals surface area contributed by atoms with Crippen molar-refractivity contribution in [2.24, 2.45) is 23.5 Å². The Morgan fingerprint density at radius 2 is 1.88 bits per heavy atom. The Balaban J connectivity index is 1.75. The lowest BCUT2D eigenvalue weighted by molar-refractivity contribution is -0.174. The number of hydrogen-bond acceptors (Lipinski definition) is 10. The summed E-state index contributed by atoms with van der Waals surface area (Å²) in [7, 11) is 3.45. The maximum Gasteiger partial charge on any atom is 0.407 e. The van der Waals surface area contributed by atoms with Crippen molar-refractivity contribution in [1.82, 2.24) is 5.32 Å². The van der Waals surface area contributed by atoms with E-state index in [-0.39, 0.29) is 42.5 Å². The third-order valence-electron chi connectivity index (χ3n) is 7.71. The van der Waals surface area contributed by atoms with Gasteiger partial charge in [-0.05, 0) is 36.8 Å². The number of alkyl carbamates (subject to hydrolysis) is 1. The molecule has 1 aromatic rings. The van der Waals surface area contributed by atoms with Crippen LogP contribution in [0.4, 0.5) is 10.5 Å². The molecule has 0 radical (unpaired) electrons. The van der Waals surface area contributed by atoms with Gasteiger partial charge in [-0.1, -0.05) is 34.8 Å². The van der Waals surface area contributed by atoms with Crippen LogP contribution in [0.3, 0.4) is 0 Å². The summed E-state index contributed by atoms with van der Waals surface area (Å²) < 4.78 is 2.99. The van der Waals surface area contributed by atoms with Gasteiger partial charge in [0.15, 0.2) is 11.4 Å². The number of ketones is 2. The van der Waals surface area contributed by atoms with Gasteiger partial charge in [0.2, 0.25) is 15.5 Å². The van der Waals surface area contributed by atoms with Gasteiger partial charge in [0.25, 0.3) is 0 Å². The van der Waals surface area contributed by atoms with Crippen LogP contribution in [0.5, 0.6) is 5.75 Å². The summed E-state index contributed by atoms with van der Waals surface area (Å²) in [4.78, 5) is 52.4. The predicted octanol–water partition coefficient (Wildman–Crippen LogP) is 1.25. The van der Waals surface area contributed by atoms with Crippen LogP contribution in [0, 0.1) is 17.8 Å². The van der Waals surface area contributed by atoms with Crippen LogP contribution < -0.4 is 16.0 Å². The first kappa shape index (κ1) is 30.2. The van der Waals surface area contributed by atoms with Gasteiger partial charge in [-0.15, -0.1) is 0 Å². The standard InChI is InChI=1S/C25H28Cl3N3O9/c1-31(2)13-5-10(7-30-23(38)40-8-24(26,27)28)18(33)16-12(13)4-9-3-11-6-14(32)17(22(29)37)21(36)25(11,39)20(35)15(9)19(16)34/h5,9,11,14,17,32-34,39H,3-4,6-8H2,1-2H3,(H2,29,37)(H,30,38)/t9-,11+,14?,17?,25+/m1/s1. The molecule has 4 rings (SSSR count). The van der Waals surface area contributed by atoms with Crippen molar-refractivity contribution < 1.29 is 44.3 Å². The highest BCUT2D eigenvalue weighted by Crippen LogP contribution is 2.53. The minimum Gasteiger partial charge on any atom is -0.507 e. The highest BCUT2D eigenvalue weighted by atomic mass is 35.6. The molecule has 0 spiro atoms. The van der Waals surface area contributed by atoms with E-state index < -0.39 is 74.9 Å². The topological polar surface area (TPSA) is 200 Å². The van der Waals surface area contributed by atoms with Gasteiger partial charge in [-0.3, -0.25) is 14.4 Å². The Hall–Kier alpha value is -2.77. The minimum absolute atomic E-state index is 0.0430. The van der Waals surface area contributed by atoms with Crippen molar-refractivity contribution in [2.75, 3.05) is 25.6 Å². The van der Waals surface area contributed by atoms with E-state index in [1.165, 1.54) is 0 Å². The van der Waals surface area contributed by atoms with Gasteiger partial charge in [0.1, 0.15) is 24.0 Å². The van der Waals surface area contributed by atoms with Crippen molar-refractivity contribution in [1.29, 1.82) is 0 Å². The zero-order chi connectivity index (χ0) is 29.9. The fourth-order valence-electron chi connectivity index (χ4n) is 5.93. The molecular weight excluding hydrogens is 593 g/mol. The number of carbonyl (C=O) groups is 4. The molecule has 2 fully saturated rings. The average Bonchev–Trinajstić information content (AvgIpc) is 2.83. The number of nitrogens with zero attached hydrogens (tertiary/aromatic N) is 1. The molecule has 3 aliphatic carbocycles. The van der Waals surface area contributed by atoms with Gasteiger partial charge in [0, 0.05) is 43.4 Å². The quantitative estimate of drug-likeness (QED) is 0.206. The van der Waals surface area contributed by atoms with E-state index in [0.29, 0.717) is 11.3 Å². The second-order valence-electron chi connectivity index (χ2n) is 10.4. The molecule has 0 aliphatic heterocycles. The van der Waals surface area contributed by atoms with Crippen molar-refractivity contribution in [3.63, 3.8) is 0 Å². The monoisotopic (exact) mass is 619 g/mol. The van der Waals surface area contributed by atoms with Gasteiger partial charge in [-0.2, -0.15) is 0 Å². The number of anilines is 1. The Kier molecular flexibility index (Phi) is 7.98. The highest BCUT2D eigenvalue weighted by Gasteiger charge is 2.64. The minimum atomic E-state index is -2.68. The summed E-state index contributed by atoms with van der Waals surface area (Å²) >= 11 is 16.7. The number of aliphatic hydroxyl groups excluding tert-OH is 2. The first-order chi connectivity index (χ1) is 18.5. The fraction of sp³-hybridized carbons (Fsp3) is 0.520. The van der Waals surface area contributed by atoms with Crippen LogP contribution in [0.2, 0.25) is 0 Å². The molecule has 5 atom stereocenters. The number of fused-ring (bicyclic) bond motifs is 3. The Labute approximate surface area is 243 Å². The van der Waals surface area contributed by atoms with Gasteiger partial charge in [-0.25, -0.2) is 4.79 Å². The molecule has 218 valence electrons. The molecule has 2 saturated carbocycles. The molecule has 12 nitrogen and oxygen atoms in total. The number of phenolic OH excluding ortho intramolecular Hbond substituents is 1. The summed E-state index contributed by atoms with van der Waals surface area (Å²) in [6, 6.07) is 1.59. The number of ether oxygens (including phenoxy) is 1. The number of nitrogens with one attached hydrogen (secondary N) is 1. The second-order valence-corrected chi connectivity index (χ2v) is 13.0. The number of aliphatic hydroxyl groups is 3. The van der Waals surface area contributed by atoms with Crippen LogP contribution in [0.25, 0.3) is 5.76 Å². The number of halogens is 3. The zero-order valence-corrected chi connectivity index (χ0v) is 23.7. The number of benzene rings is 1. The molecule has 0 heterocycles. The second kappa shape index (κ2) is 10.6. The maximum atomic E-state index is 13.7. The van der Waals surface area contributed by atoms with Crippen LogP contribution in [0.1, 0.15) is 29.5 Å². The highest BCUT2D eigenvalue weighted by molar-refractivity contribution is 6.67. The molecule has 3 aliphatic rings. The summed E-state index contributed by atoms with van der Waals surface area (Å²) in [6.45, 7) is -0.809. The SMILES string of the molecule is CN(C)c1cc(CNC(=O)OCC(Cl)(Cl)Cl)c(O)c2c1C[C@H]1C[C@H]3CC(O)C(C(N)=O)C(=O)[C@@]3(O)C(=O)C1=C2O. The first-order valence-electron chi connectivity index (χ1n) is 12.2. The van der Waals surface area contributed by atoms with E-state index in [2.05, 4.69) is 5.32 Å². The molecule has 1 aromatic carbocycles. The zero-order valence-electron chi connectivity index (χ0n) is 21.4. The number of rotatable bonds is 5. The summed E-state index contributed by atoms with van der Waals surface area (Å²) in [6.07, 6.45) is -2.44. The number of aromatic hydroxyl groups is 1. The molecule has 0 aromatic heterocycles. The van der Waals surface area contributed by atoms with Gasteiger partial charge in [0.05, 0.1) is 11.7 Å². The van der Waals surface area contributed by atoms with Crippen molar-refractivity contribution in [2.45, 2.75) is 41.3 Å². The number of primary amides is 1. The molecule has 40 heavy (non-hydrogen) atoms. The van der Waals surface area contributed by atoms with Gasteiger partial charge >= 0.3 is 6.09 Å². The molecular formula is C25H28Cl3N3O9. The summed E-state index contributed by atoms with van der Waals surface area (Å²) in [5.74, 6) is -8.05. The molecule has 2 unspecified atom stereocenters. The predicted molar refractivity (Wildman–Crippen MR) is 144 cm³/mol. The first-order valence-corrected chi connectivity index (χ1v) is 13.4. The van der Waals surface area contributed by atoms with Crippen molar-refractivity contribution in [3.05, 3.63) is 28.3 Å². The van der Waals surface area contributed by atoms with E-state index in [1.807, 2.05) is 0 Å². The largest absolute Gasteiger partial charge is 0.507 e. The summed E-state index contributed by atoms with van der Waals surface area (Å²) in [5, 5.41) is 46.7. The van der Waals surface area contributed by atoms with Crippen molar-refractivity contribution >= 4 is 69.8 Å². The maximum absolute atomic E-state index is 13.7. The lowest BCUT2D eigenvalue weighted by Crippen LogP contribution is -2.66. The molecule has 0 bridgehead atoms. The van der Waals surface area contributed by atoms with E-state index in [1.54, 1.807) is 25.1 Å². The number of Topliss-reactive ketones (excluding diaryl/α,β-unsaturated/α-hetero) is 2. The van der Waals surface area contributed by atoms with E-state index >= 15 is 0 Å². The third-order valence-corrected chi connectivity index (χ3v) is 8.04. The van der Waals surface area contributed by atoms with Gasteiger partial charge < -0.3 is 41.1 Å². The van der Waals surface area contributed by atoms with E-state index in [0.717, 1.165) is 0 Å². The number of hydrogen-bond donors (Lipinski definition) is 6. The van der Waals surface area contributed by atoms with Crippen LogP contribution in [-0.4, -0.2) is 80.2 Å². The molecule has 0 saturated heterocycles. The molecule has 15 heteroatoms. The fourth-order valence-corrected chi connectivity index (χ4v) is 6.09. The number of phenols is 1.